The van der Waals surface area contributed by atoms with Gasteiger partial charge in [-0.15, -0.1) is 0 Å². The molecule has 1 saturated carbocycles. The fraction of sp³-hybridized carbons (Fsp3) is 0.353. The number of carbonyl (C=O) groups is 1. The minimum absolute atomic E-state index is 0.340. The number of rotatable bonds is 3. The van der Waals surface area contributed by atoms with E-state index < -0.39 is 0 Å². The zero-order valence-corrected chi connectivity index (χ0v) is 12.2. The van der Waals surface area contributed by atoms with Gasteiger partial charge in [0.1, 0.15) is 0 Å². The van der Waals surface area contributed by atoms with Gasteiger partial charge in [-0.25, -0.2) is 0 Å². The predicted octanol–water partition coefficient (Wildman–Crippen LogP) is 3.51. The van der Waals surface area contributed by atoms with Crippen molar-refractivity contribution >= 4 is 5.91 Å². The van der Waals surface area contributed by atoms with Crippen molar-refractivity contribution in [3.05, 3.63) is 46.6 Å². The minimum atomic E-state index is -0.340. The molecule has 0 spiro atoms. The van der Waals surface area contributed by atoms with Crippen molar-refractivity contribution in [1.82, 2.24) is 4.57 Å². The molecular weight excluding hydrogens is 248 g/mol. The number of amides is 1. The summed E-state index contributed by atoms with van der Waals surface area (Å²) in [5, 5.41) is 0. The molecule has 3 heteroatoms. The van der Waals surface area contributed by atoms with Crippen molar-refractivity contribution < 1.29 is 4.79 Å². The molecule has 2 aromatic rings. The number of nitrogens with two attached hydrogens (primary N) is 1. The number of hydrogen-bond donors (Lipinski definition) is 1. The Morgan fingerprint density at radius 1 is 1.20 bits per heavy atom. The smallest absolute Gasteiger partial charge is 0.250 e. The summed E-state index contributed by atoms with van der Waals surface area (Å²) in [7, 11) is 0. The highest BCUT2D eigenvalue weighted by Gasteiger charge is 2.29. The van der Waals surface area contributed by atoms with Gasteiger partial charge < -0.3 is 10.3 Å². The van der Waals surface area contributed by atoms with Crippen LogP contribution in [0, 0.1) is 20.8 Å². The number of primary amides is 1. The Hall–Kier alpha value is -2.03. The first-order chi connectivity index (χ1) is 9.49. The topological polar surface area (TPSA) is 48.0 Å². The second-order valence-electron chi connectivity index (χ2n) is 5.81. The summed E-state index contributed by atoms with van der Waals surface area (Å²) in [6.07, 6.45) is 2.37. The molecule has 1 fully saturated rings. The van der Waals surface area contributed by atoms with Gasteiger partial charge in [-0.3, -0.25) is 4.79 Å². The third-order valence-corrected chi connectivity index (χ3v) is 4.13. The number of aromatic nitrogens is 1. The number of aryl methyl sites for hydroxylation is 2. The third kappa shape index (κ3) is 2.03. The van der Waals surface area contributed by atoms with E-state index in [0.717, 1.165) is 11.4 Å². The van der Waals surface area contributed by atoms with E-state index in [1.165, 1.54) is 29.5 Å². The minimum Gasteiger partial charge on any atom is -0.366 e. The molecule has 0 atom stereocenters. The molecule has 3 nitrogen and oxygen atoms in total. The van der Waals surface area contributed by atoms with Gasteiger partial charge in [0.25, 0.3) is 5.91 Å². The summed E-state index contributed by atoms with van der Waals surface area (Å²) in [6, 6.07) is 8.92. The molecule has 2 N–H and O–H groups in total. The van der Waals surface area contributed by atoms with Crippen LogP contribution >= 0.6 is 0 Å². The van der Waals surface area contributed by atoms with Crippen LogP contribution in [0.1, 0.15) is 46.1 Å². The first-order valence-corrected chi connectivity index (χ1v) is 7.08. The second kappa shape index (κ2) is 4.51. The van der Waals surface area contributed by atoms with Crippen LogP contribution in [0.3, 0.4) is 0 Å². The molecule has 104 valence electrons. The molecule has 1 aliphatic carbocycles. The summed E-state index contributed by atoms with van der Waals surface area (Å²) < 4.78 is 2.29. The first kappa shape index (κ1) is 13.0. The van der Waals surface area contributed by atoms with Crippen LogP contribution in [0.4, 0.5) is 0 Å². The fourth-order valence-electron chi connectivity index (χ4n) is 2.98. The van der Waals surface area contributed by atoms with Crippen LogP contribution in [-0.4, -0.2) is 10.5 Å². The highest BCUT2D eigenvalue weighted by atomic mass is 16.1. The largest absolute Gasteiger partial charge is 0.366 e. The lowest BCUT2D eigenvalue weighted by atomic mass is 10.0. The van der Waals surface area contributed by atoms with Crippen molar-refractivity contribution in [3.63, 3.8) is 0 Å². The standard InChI is InChI=1S/C17H20N2O/c1-10-4-7-14(11(2)8-10)16-9-15(17(18)20)12(3)19(16)13-5-6-13/h4,7-9,13H,5-6H2,1-3H3,(H2,18,20). The van der Waals surface area contributed by atoms with Crippen LogP contribution in [0.2, 0.25) is 0 Å². The molecule has 3 rings (SSSR count). The zero-order chi connectivity index (χ0) is 14.4. The second-order valence-corrected chi connectivity index (χ2v) is 5.81. The lowest BCUT2D eigenvalue weighted by Crippen LogP contribution is -2.12. The van der Waals surface area contributed by atoms with Crippen molar-refractivity contribution in [3.8, 4) is 11.3 Å². The lowest BCUT2D eigenvalue weighted by molar-refractivity contribution is 0.0999. The Labute approximate surface area is 119 Å². The lowest BCUT2D eigenvalue weighted by Gasteiger charge is -2.13. The van der Waals surface area contributed by atoms with Gasteiger partial charge in [0, 0.05) is 23.0 Å². The zero-order valence-electron chi connectivity index (χ0n) is 12.2. The van der Waals surface area contributed by atoms with Crippen LogP contribution in [-0.2, 0) is 0 Å². The highest BCUT2D eigenvalue weighted by molar-refractivity contribution is 5.95. The molecule has 0 saturated heterocycles. The first-order valence-electron chi connectivity index (χ1n) is 7.08. The molecule has 0 bridgehead atoms. The summed E-state index contributed by atoms with van der Waals surface area (Å²) in [4.78, 5) is 11.6. The van der Waals surface area contributed by atoms with E-state index in [2.05, 4.69) is 36.6 Å². The van der Waals surface area contributed by atoms with Gasteiger partial charge in [0.15, 0.2) is 0 Å². The number of nitrogens with zero attached hydrogens (tertiary/aromatic N) is 1. The van der Waals surface area contributed by atoms with Gasteiger partial charge in [-0.1, -0.05) is 23.8 Å². The SMILES string of the molecule is Cc1ccc(-c2cc(C(N)=O)c(C)n2C2CC2)c(C)c1. The summed E-state index contributed by atoms with van der Waals surface area (Å²) in [5.41, 5.74) is 11.9. The van der Waals surface area contributed by atoms with E-state index in [9.17, 15) is 4.79 Å². The van der Waals surface area contributed by atoms with Gasteiger partial charge in [0.05, 0.1) is 5.56 Å². The van der Waals surface area contributed by atoms with Gasteiger partial charge in [-0.2, -0.15) is 0 Å². The van der Waals surface area contributed by atoms with Crippen molar-refractivity contribution in [2.75, 3.05) is 0 Å². The molecule has 0 radical (unpaired) electrons. The predicted molar refractivity (Wildman–Crippen MR) is 80.9 cm³/mol. The van der Waals surface area contributed by atoms with Gasteiger partial charge >= 0.3 is 0 Å². The van der Waals surface area contributed by atoms with Crippen LogP contribution in [0.25, 0.3) is 11.3 Å². The Bertz CT molecular complexity index is 693. The van der Waals surface area contributed by atoms with Crippen LogP contribution in [0.15, 0.2) is 24.3 Å². The Morgan fingerprint density at radius 2 is 1.90 bits per heavy atom. The third-order valence-electron chi connectivity index (χ3n) is 4.13. The maximum Gasteiger partial charge on any atom is 0.250 e. The number of hydrogen-bond acceptors (Lipinski definition) is 1. The van der Waals surface area contributed by atoms with Crippen LogP contribution in [0.5, 0.6) is 0 Å². The monoisotopic (exact) mass is 268 g/mol. The van der Waals surface area contributed by atoms with Crippen molar-refractivity contribution in [2.24, 2.45) is 5.73 Å². The summed E-state index contributed by atoms with van der Waals surface area (Å²) >= 11 is 0. The van der Waals surface area contributed by atoms with E-state index in [1.807, 2.05) is 13.0 Å². The van der Waals surface area contributed by atoms with E-state index >= 15 is 0 Å². The molecule has 1 aromatic heterocycles. The van der Waals surface area contributed by atoms with Crippen molar-refractivity contribution in [1.29, 1.82) is 0 Å². The maximum absolute atomic E-state index is 11.6. The Kier molecular flexibility index (Phi) is 2.93. The molecule has 1 aliphatic rings. The van der Waals surface area contributed by atoms with E-state index in [4.69, 9.17) is 5.73 Å². The van der Waals surface area contributed by atoms with E-state index in [-0.39, 0.29) is 5.91 Å². The number of benzene rings is 1. The highest BCUT2D eigenvalue weighted by Crippen LogP contribution is 2.42. The summed E-state index contributed by atoms with van der Waals surface area (Å²) in [6.45, 7) is 6.20. The van der Waals surface area contributed by atoms with Gasteiger partial charge in [0.2, 0.25) is 0 Å². The number of carbonyl (C=O) groups excluding carboxylic acids is 1. The fourth-order valence-corrected chi connectivity index (χ4v) is 2.98. The maximum atomic E-state index is 11.6. The Balaban J connectivity index is 2.22. The van der Waals surface area contributed by atoms with Gasteiger partial charge in [-0.05, 0) is 45.2 Å². The van der Waals surface area contributed by atoms with Crippen LogP contribution < -0.4 is 5.73 Å². The van der Waals surface area contributed by atoms with E-state index in [1.54, 1.807) is 0 Å². The molecule has 0 unspecified atom stereocenters. The Morgan fingerprint density at radius 3 is 2.45 bits per heavy atom. The molecule has 1 heterocycles. The average Bonchev–Trinajstić information content (AvgIpc) is 3.13. The summed E-state index contributed by atoms with van der Waals surface area (Å²) in [5.74, 6) is -0.340. The van der Waals surface area contributed by atoms with Crippen molar-refractivity contribution in [2.45, 2.75) is 39.7 Å². The molecule has 1 aromatic carbocycles. The van der Waals surface area contributed by atoms with E-state index in [0.29, 0.717) is 11.6 Å². The molecule has 1 amide bonds. The molecule has 0 aliphatic heterocycles. The molecular formula is C17H20N2O. The average molecular weight is 268 g/mol. The normalized spacial score (nSPS) is 14.6. The molecule has 20 heavy (non-hydrogen) atoms. The quantitative estimate of drug-likeness (QED) is 0.909.